The Hall–Kier alpha value is -1.95. The standard InChI is InChI=1S/C17H24ClN3O3/c1-3-4-7-19-17(23)21-10-8-20(9-11-21)15-12-13(16(22)24-2)5-6-14(15)18/h5-6,12H,3-4,7-11H2,1-2H3,(H,19,23). The van der Waals surface area contributed by atoms with Gasteiger partial charge < -0.3 is 19.9 Å². The number of unbranched alkanes of at least 4 members (excludes halogenated alkanes) is 1. The minimum absolute atomic E-state index is 0.0162. The molecule has 0 saturated carbocycles. The molecule has 0 atom stereocenters. The highest BCUT2D eigenvalue weighted by Gasteiger charge is 2.23. The average Bonchev–Trinajstić information content (AvgIpc) is 2.61. The number of carbonyl (C=O) groups is 2. The number of carbonyl (C=O) groups excluding carboxylic acids is 2. The van der Waals surface area contributed by atoms with Gasteiger partial charge in [-0.15, -0.1) is 0 Å². The maximum absolute atomic E-state index is 12.1. The Morgan fingerprint density at radius 3 is 2.58 bits per heavy atom. The van der Waals surface area contributed by atoms with E-state index < -0.39 is 0 Å². The number of methoxy groups -OCH3 is 1. The van der Waals surface area contributed by atoms with E-state index in [4.69, 9.17) is 16.3 Å². The summed E-state index contributed by atoms with van der Waals surface area (Å²) in [6, 6.07) is 5.07. The fourth-order valence-electron chi connectivity index (χ4n) is 2.63. The van der Waals surface area contributed by atoms with E-state index in [1.54, 1.807) is 18.2 Å². The number of rotatable bonds is 5. The van der Waals surface area contributed by atoms with E-state index in [-0.39, 0.29) is 12.0 Å². The summed E-state index contributed by atoms with van der Waals surface area (Å²) in [6.07, 6.45) is 2.05. The molecule has 1 aromatic carbocycles. The van der Waals surface area contributed by atoms with Gasteiger partial charge in [-0.25, -0.2) is 9.59 Å². The van der Waals surface area contributed by atoms with Crippen LogP contribution in [0.5, 0.6) is 0 Å². The first kappa shape index (κ1) is 18.4. The largest absolute Gasteiger partial charge is 0.465 e. The predicted molar refractivity (Wildman–Crippen MR) is 94.9 cm³/mol. The van der Waals surface area contributed by atoms with Crippen LogP contribution >= 0.6 is 11.6 Å². The number of esters is 1. The third-order valence-electron chi connectivity index (χ3n) is 4.08. The molecule has 2 amide bonds. The molecule has 0 spiro atoms. The van der Waals surface area contributed by atoms with Crippen LogP contribution in [0.2, 0.25) is 5.02 Å². The Morgan fingerprint density at radius 1 is 1.25 bits per heavy atom. The molecule has 132 valence electrons. The second-order valence-electron chi connectivity index (χ2n) is 5.72. The van der Waals surface area contributed by atoms with Crippen molar-refractivity contribution in [2.45, 2.75) is 19.8 Å². The van der Waals surface area contributed by atoms with Crippen molar-refractivity contribution >= 4 is 29.3 Å². The number of benzene rings is 1. The fraction of sp³-hybridized carbons (Fsp3) is 0.529. The Balaban J connectivity index is 1.97. The number of nitrogens with zero attached hydrogens (tertiary/aromatic N) is 2. The third kappa shape index (κ3) is 4.54. The van der Waals surface area contributed by atoms with Crippen LogP contribution in [0.1, 0.15) is 30.1 Å². The quantitative estimate of drug-likeness (QED) is 0.653. The van der Waals surface area contributed by atoms with Gasteiger partial charge in [0.1, 0.15) is 0 Å². The van der Waals surface area contributed by atoms with Crippen molar-refractivity contribution in [2.75, 3.05) is 44.7 Å². The normalized spacial score (nSPS) is 14.5. The lowest BCUT2D eigenvalue weighted by Crippen LogP contribution is -2.52. The second-order valence-corrected chi connectivity index (χ2v) is 6.12. The lowest BCUT2D eigenvalue weighted by Gasteiger charge is -2.36. The number of anilines is 1. The summed E-state index contributed by atoms with van der Waals surface area (Å²) >= 11 is 6.27. The van der Waals surface area contributed by atoms with Gasteiger partial charge in [0.15, 0.2) is 0 Å². The van der Waals surface area contributed by atoms with Crippen molar-refractivity contribution in [2.24, 2.45) is 0 Å². The molecule has 1 aliphatic heterocycles. The Bertz CT molecular complexity index is 586. The van der Waals surface area contributed by atoms with Crippen LogP contribution in [0, 0.1) is 0 Å². The van der Waals surface area contributed by atoms with Crippen molar-refractivity contribution in [1.29, 1.82) is 0 Å². The van der Waals surface area contributed by atoms with Crippen LogP contribution < -0.4 is 10.2 Å². The van der Waals surface area contributed by atoms with Gasteiger partial charge in [-0.3, -0.25) is 0 Å². The molecule has 2 rings (SSSR count). The molecule has 0 unspecified atom stereocenters. The molecule has 24 heavy (non-hydrogen) atoms. The molecule has 1 N–H and O–H groups in total. The summed E-state index contributed by atoms with van der Waals surface area (Å²) in [5.74, 6) is -0.387. The lowest BCUT2D eigenvalue weighted by molar-refractivity contribution is 0.0600. The van der Waals surface area contributed by atoms with Crippen LogP contribution in [-0.4, -0.2) is 56.7 Å². The first-order valence-electron chi connectivity index (χ1n) is 8.22. The van der Waals surface area contributed by atoms with E-state index >= 15 is 0 Å². The summed E-state index contributed by atoms with van der Waals surface area (Å²) < 4.78 is 4.75. The van der Waals surface area contributed by atoms with Crippen LogP contribution in [0.3, 0.4) is 0 Å². The minimum atomic E-state index is -0.387. The monoisotopic (exact) mass is 353 g/mol. The molecule has 6 nitrogen and oxygen atoms in total. The van der Waals surface area contributed by atoms with Gasteiger partial charge in [0.25, 0.3) is 0 Å². The average molecular weight is 354 g/mol. The number of piperazine rings is 1. The molecule has 1 heterocycles. The van der Waals surface area contributed by atoms with E-state index in [9.17, 15) is 9.59 Å². The first-order chi connectivity index (χ1) is 11.6. The highest BCUT2D eigenvalue weighted by Crippen LogP contribution is 2.28. The maximum atomic E-state index is 12.1. The summed E-state index contributed by atoms with van der Waals surface area (Å²) in [4.78, 5) is 27.7. The van der Waals surface area contributed by atoms with Crippen LogP contribution in [-0.2, 0) is 4.74 Å². The summed E-state index contributed by atoms with van der Waals surface area (Å²) in [5, 5.41) is 3.52. The molecule has 1 aliphatic rings. The Morgan fingerprint density at radius 2 is 1.96 bits per heavy atom. The Kier molecular flexibility index (Phi) is 6.73. The Labute approximate surface area is 147 Å². The van der Waals surface area contributed by atoms with Crippen LogP contribution in [0.15, 0.2) is 18.2 Å². The van der Waals surface area contributed by atoms with E-state index in [0.717, 1.165) is 18.5 Å². The van der Waals surface area contributed by atoms with Gasteiger partial charge in [0.05, 0.1) is 23.4 Å². The molecule has 1 fully saturated rings. The lowest BCUT2D eigenvalue weighted by atomic mass is 10.1. The number of hydrogen-bond acceptors (Lipinski definition) is 4. The smallest absolute Gasteiger partial charge is 0.337 e. The van der Waals surface area contributed by atoms with E-state index in [0.29, 0.717) is 43.3 Å². The topological polar surface area (TPSA) is 61.9 Å². The summed E-state index contributed by atoms with van der Waals surface area (Å²) in [6.45, 7) is 5.39. The van der Waals surface area contributed by atoms with Crippen LogP contribution in [0.25, 0.3) is 0 Å². The van der Waals surface area contributed by atoms with Gasteiger partial charge >= 0.3 is 12.0 Å². The fourth-order valence-corrected chi connectivity index (χ4v) is 2.87. The molecule has 0 aromatic heterocycles. The van der Waals surface area contributed by atoms with Crippen molar-refractivity contribution in [3.05, 3.63) is 28.8 Å². The number of amides is 2. The maximum Gasteiger partial charge on any atom is 0.337 e. The van der Waals surface area contributed by atoms with Crippen molar-refractivity contribution < 1.29 is 14.3 Å². The predicted octanol–water partition coefficient (Wildman–Crippen LogP) is 2.76. The minimum Gasteiger partial charge on any atom is -0.465 e. The zero-order valence-electron chi connectivity index (χ0n) is 14.2. The molecule has 0 bridgehead atoms. The van der Waals surface area contributed by atoms with Gasteiger partial charge in [-0.05, 0) is 24.6 Å². The van der Waals surface area contributed by atoms with Gasteiger partial charge in [-0.1, -0.05) is 24.9 Å². The van der Waals surface area contributed by atoms with Crippen molar-refractivity contribution in [3.8, 4) is 0 Å². The summed E-state index contributed by atoms with van der Waals surface area (Å²) in [5.41, 5.74) is 1.27. The van der Waals surface area contributed by atoms with E-state index in [2.05, 4.69) is 17.1 Å². The molecular weight excluding hydrogens is 330 g/mol. The molecular formula is C17H24ClN3O3. The molecule has 1 saturated heterocycles. The highest BCUT2D eigenvalue weighted by atomic mass is 35.5. The molecule has 0 aliphatic carbocycles. The summed E-state index contributed by atoms with van der Waals surface area (Å²) in [7, 11) is 1.35. The van der Waals surface area contributed by atoms with E-state index in [1.165, 1.54) is 7.11 Å². The number of halogens is 1. The van der Waals surface area contributed by atoms with E-state index in [1.807, 2.05) is 4.90 Å². The molecule has 0 radical (unpaired) electrons. The molecule has 7 heteroatoms. The van der Waals surface area contributed by atoms with Crippen molar-refractivity contribution in [1.82, 2.24) is 10.2 Å². The van der Waals surface area contributed by atoms with Gasteiger partial charge in [-0.2, -0.15) is 0 Å². The number of hydrogen-bond donors (Lipinski definition) is 1. The number of ether oxygens (including phenoxy) is 1. The van der Waals surface area contributed by atoms with Crippen molar-refractivity contribution in [3.63, 3.8) is 0 Å². The number of nitrogens with one attached hydrogen (secondary N) is 1. The third-order valence-corrected chi connectivity index (χ3v) is 4.40. The van der Waals surface area contributed by atoms with Crippen LogP contribution in [0.4, 0.5) is 10.5 Å². The zero-order chi connectivity index (χ0) is 17.5. The highest BCUT2D eigenvalue weighted by molar-refractivity contribution is 6.33. The first-order valence-corrected chi connectivity index (χ1v) is 8.60. The van der Waals surface area contributed by atoms with Gasteiger partial charge in [0, 0.05) is 32.7 Å². The zero-order valence-corrected chi connectivity index (χ0v) is 14.9. The molecule has 1 aromatic rings. The number of urea groups is 1. The van der Waals surface area contributed by atoms with Gasteiger partial charge in [0.2, 0.25) is 0 Å². The second kappa shape index (κ2) is 8.78. The SMILES string of the molecule is CCCCNC(=O)N1CCN(c2cc(C(=O)OC)ccc2Cl)CC1.